The molecule has 0 spiro atoms. The molecule has 0 N–H and O–H groups in total. The van der Waals surface area contributed by atoms with Crippen molar-refractivity contribution in [1.29, 1.82) is 0 Å². The Kier molecular flexibility index (Phi) is 5.28. The fraction of sp³-hybridized carbons (Fsp3) is 0.818. The van der Waals surface area contributed by atoms with Gasteiger partial charge in [-0.2, -0.15) is 0 Å². The van der Waals surface area contributed by atoms with E-state index in [1.807, 2.05) is 19.0 Å². The van der Waals surface area contributed by atoms with Gasteiger partial charge < -0.3 is 9.80 Å². The number of hydrogen-bond donors (Lipinski definition) is 0. The summed E-state index contributed by atoms with van der Waals surface area (Å²) in [5, 5.41) is 0.275. The van der Waals surface area contributed by atoms with E-state index in [9.17, 15) is 9.59 Å². The van der Waals surface area contributed by atoms with Crippen molar-refractivity contribution in [3.05, 3.63) is 0 Å². The lowest BCUT2D eigenvalue weighted by Crippen LogP contribution is -2.29. The van der Waals surface area contributed by atoms with Gasteiger partial charge in [0.2, 0.25) is 5.91 Å². The van der Waals surface area contributed by atoms with Crippen LogP contribution in [0.25, 0.3) is 0 Å². The fourth-order valence-corrected chi connectivity index (χ4v) is 2.79. The number of thioether (sulfide) groups is 1. The number of carbonyl (C=O) groups is 2. The van der Waals surface area contributed by atoms with Crippen molar-refractivity contribution in [3.63, 3.8) is 0 Å². The quantitative estimate of drug-likeness (QED) is 0.718. The zero-order valence-corrected chi connectivity index (χ0v) is 11.0. The van der Waals surface area contributed by atoms with Gasteiger partial charge in [-0.15, -0.1) is 0 Å². The highest BCUT2D eigenvalue weighted by molar-refractivity contribution is 8.14. The van der Waals surface area contributed by atoms with Crippen molar-refractivity contribution in [1.82, 2.24) is 9.80 Å². The Hall–Kier alpha value is -0.550. The molecule has 4 nitrogen and oxygen atoms in total. The number of rotatable bonds is 5. The van der Waals surface area contributed by atoms with Crippen LogP contribution in [0.2, 0.25) is 0 Å². The zero-order valence-electron chi connectivity index (χ0n) is 10.2. The van der Waals surface area contributed by atoms with E-state index in [1.54, 1.807) is 6.92 Å². The molecule has 0 radical (unpaired) electrons. The molecule has 1 atom stereocenters. The lowest BCUT2D eigenvalue weighted by molar-refractivity contribution is -0.127. The average Bonchev–Trinajstić information content (AvgIpc) is 2.45. The van der Waals surface area contributed by atoms with E-state index in [2.05, 4.69) is 4.90 Å². The number of nitrogens with zero attached hydrogens (tertiary/aromatic N) is 2. The molecule has 1 saturated heterocycles. The van der Waals surface area contributed by atoms with Crippen molar-refractivity contribution in [2.45, 2.75) is 25.0 Å². The van der Waals surface area contributed by atoms with Crippen LogP contribution < -0.4 is 0 Å². The van der Waals surface area contributed by atoms with E-state index in [0.717, 1.165) is 26.1 Å². The topological polar surface area (TPSA) is 40.6 Å². The Morgan fingerprint density at radius 1 is 1.56 bits per heavy atom. The van der Waals surface area contributed by atoms with Crippen molar-refractivity contribution in [2.75, 3.05) is 33.7 Å². The molecule has 0 aromatic heterocycles. The average molecular weight is 244 g/mol. The first-order valence-corrected chi connectivity index (χ1v) is 6.46. The van der Waals surface area contributed by atoms with Gasteiger partial charge in [0.15, 0.2) is 5.12 Å². The molecular formula is C11H20N2O2S. The second kappa shape index (κ2) is 6.25. The van der Waals surface area contributed by atoms with Crippen LogP contribution >= 0.6 is 11.8 Å². The largest absolute Gasteiger partial charge is 0.341 e. The first kappa shape index (κ1) is 13.5. The van der Waals surface area contributed by atoms with Gasteiger partial charge >= 0.3 is 0 Å². The van der Waals surface area contributed by atoms with Gasteiger partial charge in [0.1, 0.15) is 0 Å². The normalized spacial score (nSPS) is 20.9. The molecule has 0 bridgehead atoms. The van der Waals surface area contributed by atoms with Crippen LogP contribution in [0.4, 0.5) is 0 Å². The minimum Gasteiger partial charge on any atom is -0.341 e. The first-order chi connectivity index (χ1) is 7.49. The highest BCUT2D eigenvalue weighted by atomic mass is 32.2. The third-order valence-electron chi connectivity index (χ3n) is 2.55. The van der Waals surface area contributed by atoms with Crippen LogP contribution in [0.3, 0.4) is 0 Å². The zero-order chi connectivity index (χ0) is 12.1. The molecule has 92 valence electrons. The fourth-order valence-electron chi connectivity index (χ4n) is 1.84. The van der Waals surface area contributed by atoms with Crippen LogP contribution in [0.1, 0.15) is 19.8 Å². The molecule has 0 saturated carbocycles. The van der Waals surface area contributed by atoms with E-state index in [1.165, 1.54) is 11.8 Å². The minimum absolute atomic E-state index is 0.105. The molecule has 5 heteroatoms. The third kappa shape index (κ3) is 4.53. The number of likely N-dealkylation sites (tertiary alicyclic amines) is 1. The van der Waals surface area contributed by atoms with Crippen LogP contribution in [0, 0.1) is 0 Å². The summed E-state index contributed by atoms with van der Waals surface area (Å²) in [6, 6.07) is 0. The molecule has 1 fully saturated rings. The maximum atomic E-state index is 11.6. The Balaban J connectivity index is 2.28. The van der Waals surface area contributed by atoms with E-state index >= 15 is 0 Å². The van der Waals surface area contributed by atoms with Gasteiger partial charge in [-0.1, -0.05) is 11.8 Å². The van der Waals surface area contributed by atoms with Gasteiger partial charge in [0, 0.05) is 31.7 Å². The summed E-state index contributed by atoms with van der Waals surface area (Å²) in [6.07, 6.45) is 1.52. The Labute approximate surface area is 101 Å². The summed E-state index contributed by atoms with van der Waals surface area (Å²) in [7, 11) is 4.06. The molecule has 1 amide bonds. The molecular weight excluding hydrogens is 224 g/mol. The molecule has 1 aliphatic heterocycles. The Bertz CT molecular complexity index is 269. The molecule has 1 rings (SSSR count). The van der Waals surface area contributed by atoms with Gasteiger partial charge in [-0.25, -0.2) is 0 Å². The second-order valence-electron chi connectivity index (χ2n) is 4.43. The maximum absolute atomic E-state index is 11.6. The monoisotopic (exact) mass is 244 g/mol. The standard InChI is InChI=1S/C11H20N2O2S/c1-9(14)16-10-7-11(15)13(8-10)6-4-5-12(2)3/h10H,4-8H2,1-3H3. The highest BCUT2D eigenvalue weighted by Gasteiger charge is 2.30. The van der Waals surface area contributed by atoms with E-state index < -0.39 is 0 Å². The summed E-state index contributed by atoms with van der Waals surface area (Å²) in [5.41, 5.74) is 0. The predicted molar refractivity (Wildman–Crippen MR) is 66.4 cm³/mol. The smallest absolute Gasteiger partial charge is 0.223 e. The maximum Gasteiger partial charge on any atom is 0.223 e. The van der Waals surface area contributed by atoms with Gasteiger partial charge in [0.25, 0.3) is 0 Å². The first-order valence-electron chi connectivity index (χ1n) is 5.58. The molecule has 0 aromatic rings. The molecule has 0 aliphatic carbocycles. The van der Waals surface area contributed by atoms with Gasteiger partial charge in [0.05, 0.1) is 0 Å². The summed E-state index contributed by atoms with van der Waals surface area (Å²) in [6.45, 7) is 4.10. The third-order valence-corrected chi connectivity index (χ3v) is 3.53. The summed E-state index contributed by atoms with van der Waals surface area (Å²) in [5.74, 6) is 0.192. The van der Waals surface area contributed by atoms with Crippen LogP contribution in [0.5, 0.6) is 0 Å². The second-order valence-corrected chi connectivity index (χ2v) is 5.91. The Morgan fingerprint density at radius 2 is 2.25 bits per heavy atom. The van der Waals surface area contributed by atoms with Crippen LogP contribution in [-0.2, 0) is 9.59 Å². The summed E-state index contributed by atoms with van der Waals surface area (Å²) < 4.78 is 0. The molecule has 1 unspecified atom stereocenters. The summed E-state index contributed by atoms with van der Waals surface area (Å²) >= 11 is 1.30. The summed E-state index contributed by atoms with van der Waals surface area (Å²) in [4.78, 5) is 26.6. The number of carbonyl (C=O) groups excluding carboxylic acids is 2. The molecule has 1 heterocycles. The SMILES string of the molecule is CC(=O)SC1CC(=O)N(CCCN(C)C)C1. The number of hydrogen-bond acceptors (Lipinski definition) is 4. The van der Waals surface area contributed by atoms with E-state index in [-0.39, 0.29) is 16.3 Å². The molecule has 1 aliphatic rings. The van der Waals surface area contributed by atoms with Gasteiger partial charge in [-0.3, -0.25) is 9.59 Å². The lowest BCUT2D eigenvalue weighted by Gasteiger charge is -2.17. The highest BCUT2D eigenvalue weighted by Crippen LogP contribution is 2.24. The Morgan fingerprint density at radius 3 is 2.81 bits per heavy atom. The van der Waals surface area contributed by atoms with E-state index in [4.69, 9.17) is 0 Å². The lowest BCUT2D eigenvalue weighted by atomic mass is 10.4. The predicted octanol–water partition coefficient (Wildman–Crippen LogP) is 0.819. The molecule has 0 aromatic carbocycles. The number of amides is 1. The van der Waals surface area contributed by atoms with Crippen molar-refractivity contribution >= 4 is 22.8 Å². The minimum atomic E-state index is 0.105. The molecule has 16 heavy (non-hydrogen) atoms. The van der Waals surface area contributed by atoms with Crippen LogP contribution in [-0.4, -0.2) is 59.8 Å². The van der Waals surface area contributed by atoms with Gasteiger partial charge in [-0.05, 0) is 27.1 Å². The van der Waals surface area contributed by atoms with Crippen molar-refractivity contribution < 1.29 is 9.59 Å². The van der Waals surface area contributed by atoms with Crippen molar-refractivity contribution in [3.8, 4) is 0 Å². The van der Waals surface area contributed by atoms with E-state index in [0.29, 0.717) is 6.42 Å². The van der Waals surface area contributed by atoms with Crippen molar-refractivity contribution in [2.24, 2.45) is 0 Å². The van der Waals surface area contributed by atoms with Crippen LogP contribution in [0.15, 0.2) is 0 Å².